The van der Waals surface area contributed by atoms with E-state index in [4.69, 9.17) is 14.2 Å². The average Bonchev–Trinajstić information content (AvgIpc) is 3.41. The van der Waals surface area contributed by atoms with Crippen molar-refractivity contribution in [2.75, 3.05) is 13.2 Å². The van der Waals surface area contributed by atoms with E-state index in [1.165, 1.54) is 276 Å². The van der Waals surface area contributed by atoms with E-state index < -0.39 is 6.10 Å². The van der Waals surface area contributed by atoms with Crippen molar-refractivity contribution < 1.29 is 28.6 Å². The van der Waals surface area contributed by atoms with Gasteiger partial charge in [0.2, 0.25) is 0 Å². The molecule has 0 fully saturated rings. The molecule has 0 aliphatic carbocycles. The lowest BCUT2D eigenvalue weighted by molar-refractivity contribution is -0.167. The maximum atomic E-state index is 12.9. The fourth-order valence-corrected chi connectivity index (χ4v) is 10.4. The van der Waals surface area contributed by atoms with Crippen molar-refractivity contribution in [3.05, 3.63) is 24.3 Å². The summed E-state index contributed by atoms with van der Waals surface area (Å²) in [6.45, 7) is 6.71. The molecule has 0 saturated carbocycles. The number of esters is 3. The van der Waals surface area contributed by atoms with Gasteiger partial charge in [0.15, 0.2) is 6.10 Å². The van der Waals surface area contributed by atoms with E-state index in [2.05, 4.69) is 45.1 Å². The van der Waals surface area contributed by atoms with Crippen LogP contribution in [0.2, 0.25) is 0 Å². The number of ether oxygens (including phenoxy) is 3. The quantitative estimate of drug-likeness (QED) is 0.0261. The second-order valence-electron chi connectivity index (χ2n) is 23.1. The van der Waals surface area contributed by atoms with Crippen LogP contribution in [-0.4, -0.2) is 37.2 Å². The van der Waals surface area contributed by atoms with Crippen LogP contribution in [0.15, 0.2) is 24.3 Å². The Hall–Kier alpha value is -2.11. The van der Waals surface area contributed by atoms with Crippen LogP contribution < -0.4 is 0 Å². The van der Waals surface area contributed by atoms with Crippen molar-refractivity contribution in [3.63, 3.8) is 0 Å². The molecule has 1 unspecified atom stereocenters. The van der Waals surface area contributed by atoms with Gasteiger partial charge >= 0.3 is 17.9 Å². The summed E-state index contributed by atoms with van der Waals surface area (Å²) in [5.41, 5.74) is 0. The summed E-state index contributed by atoms with van der Waals surface area (Å²) in [4.78, 5) is 38.4. The first kappa shape index (κ1) is 72.9. The molecule has 0 bridgehead atoms. The van der Waals surface area contributed by atoms with Crippen LogP contribution in [0.3, 0.4) is 0 Å². The molecule has 0 aromatic carbocycles. The summed E-state index contributed by atoms with van der Waals surface area (Å²) in [5, 5.41) is 0. The van der Waals surface area contributed by atoms with Crippen molar-refractivity contribution >= 4 is 17.9 Å². The van der Waals surface area contributed by atoms with Gasteiger partial charge in [0.25, 0.3) is 0 Å². The molecule has 0 radical (unpaired) electrons. The molecule has 0 aromatic heterocycles. The first-order chi connectivity index (χ1) is 37.0. The van der Waals surface area contributed by atoms with Gasteiger partial charge in [-0.3, -0.25) is 14.4 Å². The van der Waals surface area contributed by atoms with E-state index >= 15 is 0 Å². The predicted octanol–water partition coefficient (Wildman–Crippen LogP) is 23.0. The maximum absolute atomic E-state index is 12.9. The molecule has 75 heavy (non-hydrogen) atoms. The number of unbranched alkanes of at least 4 members (excludes halogenated alkanes) is 48. The van der Waals surface area contributed by atoms with Crippen molar-refractivity contribution in [1.82, 2.24) is 0 Å². The minimum absolute atomic E-state index is 0.0658. The number of hydrogen-bond donors (Lipinski definition) is 0. The Balaban J connectivity index is 4.31. The summed E-state index contributed by atoms with van der Waals surface area (Å²) < 4.78 is 17.0. The monoisotopic (exact) mass is 1050 g/mol. The van der Waals surface area contributed by atoms with Crippen molar-refractivity contribution in [2.45, 2.75) is 386 Å². The molecule has 0 spiro atoms. The Morgan fingerprint density at radius 1 is 0.267 bits per heavy atom. The lowest BCUT2D eigenvalue weighted by Gasteiger charge is -2.18. The third-order valence-electron chi connectivity index (χ3n) is 15.5. The van der Waals surface area contributed by atoms with E-state index in [-0.39, 0.29) is 31.1 Å². The summed E-state index contributed by atoms with van der Waals surface area (Å²) in [5.74, 6) is -0.838. The van der Waals surface area contributed by atoms with Gasteiger partial charge in [0.05, 0.1) is 0 Å². The zero-order valence-corrected chi connectivity index (χ0v) is 50.8. The molecule has 0 N–H and O–H groups in total. The van der Waals surface area contributed by atoms with Crippen LogP contribution in [0.5, 0.6) is 0 Å². The van der Waals surface area contributed by atoms with Gasteiger partial charge in [0, 0.05) is 19.3 Å². The molecule has 0 rings (SSSR count). The van der Waals surface area contributed by atoms with E-state index in [1.807, 2.05) is 0 Å². The van der Waals surface area contributed by atoms with E-state index in [9.17, 15) is 14.4 Å². The van der Waals surface area contributed by atoms with E-state index in [0.29, 0.717) is 19.3 Å². The molecule has 0 aromatic rings. The van der Waals surface area contributed by atoms with Gasteiger partial charge in [-0.15, -0.1) is 0 Å². The van der Waals surface area contributed by atoms with Gasteiger partial charge in [0.1, 0.15) is 13.2 Å². The van der Waals surface area contributed by atoms with Crippen LogP contribution in [0.1, 0.15) is 380 Å². The minimum Gasteiger partial charge on any atom is -0.462 e. The van der Waals surface area contributed by atoms with Crippen molar-refractivity contribution in [3.8, 4) is 0 Å². The SMILES string of the molecule is CCCCCCC/C=C\C/C=C\CCCCCCCCCCCC(=O)OCC(COC(=O)CCCCCCCCCCCCCCCCCCC)OC(=O)CCCCCCCCCCCCCCCCCCCCC. The summed E-state index contributed by atoms with van der Waals surface area (Å²) in [7, 11) is 0. The number of carbonyl (C=O) groups is 3. The lowest BCUT2D eigenvalue weighted by Crippen LogP contribution is -2.30. The molecule has 1 atom stereocenters. The molecule has 6 heteroatoms. The van der Waals surface area contributed by atoms with Crippen LogP contribution in [-0.2, 0) is 28.6 Å². The molecule has 0 aliphatic heterocycles. The Morgan fingerprint density at radius 3 is 0.733 bits per heavy atom. The van der Waals surface area contributed by atoms with Gasteiger partial charge in [-0.2, -0.15) is 0 Å². The Bertz CT molecular complexity index is 1210. The highest BCUT2D eigenvalue weighted by Gasteiger charge is 2.19. The normalized spacial score (nSPS) is 12.1. The molecular weight excluding hydrogens is 925 g/mol. The third kappa shape index (κ3) is 62.6. The first-order valence-corrected chi connectivity index (χ1v) is 33.8. The second kappa shape index (κ2) is 64.4. The second-order valence-corrected chi connectivity index (χ2v) is 23.1. The summed E-state index contributed by atoms with van der Waals surface area (Å²) >= 11 is 0. The van der Waals surface area contributed by atoms with Gasteiger partial charge in [-0.05, 0) is 51.4 Å². The fourth-order valence-electron chi connectivity index (χ4n) is 10.4. The molecule has 0 aliphatic rings. The molecule has 442 valence electrons. The van der Waals surface area contributed by atoms with E-state index in [1.54, 1.807) is 0 Å². The third-order valence-corrected chi connectivity index (χ3v) is 15.5. The van der Waals surface area contributed by atoms with Crippen molar-refractivity contribution in [1.29, 1.82) is 0 Å². The maximum Gasteiger partial charge on any atom is 0.306 e. The minimum atomic E-state index is -0.769. The largest absolute Gasteiger partial charge is 0.462 e. The zero-order valence-electron chi connectivity index (χ0n) is 50.8. The average molecular weight is 1060 g/mol. The van der Waals surface area contributed by atoms with E-state index in [0.717, 1.165) is 64.2 Å². The van der Waals surface area contributed by atoms with Crippen LogP contribution >= 0.6 is 0 Å². The molecule has 0 amide bonds. The first-order valence-electron chi connectivity index (χ1n) is 33.8. The van der Waals surface area contributed by atoms with Crippen molar-refractivity contribution in [2.24, 2.45) is 0 Å². The van der Waals surface area contributed by atoms with Crippen LogP contribution in [0.4, 0.5) is 0 Å². The van der Waals surface area contributed by atoms with Crippen LogP contribution in [0.25, 0.3) is 0 Å². The summed E-state index contributed by atoms with van der Waals surface area (Å²) in [6, 6.07) is 0. The van der Waals surface area contributed by atoms with Gasteiger partial charge < -0.3 is 14.2 Å². The Kier molecular flexibility index (Phi) is 62.6. The molecular formula is C69H130O6. The predicted molar refractivity (Wildman–Crippen MR) is 326 cm³/mol. The zero-order chi connectivity index (χ0) is 54.3. The highest BCUT2D eigenvalue weighted by molar-refractivity contribution is 5.71. The van der Waals surface area contributed by atoms with Gasteiger partial charge in [-0.25, -0.2) is 0 Å². The fraction of sp³-hybridized carbons (Fsp3) is 0.899. The standard InChI is InChI=1S/C69H130O6/c1-4-7-10-13-16-19-22-25-28-31-33-34-36-38-41-44-47-50-53-56-59-62-68(71)74-65-66(64-73-67(70)61-58-55-52-49-46-43-40-37-30-27-24-21-18-15-12-9-6-3)75-69(72)63-60-57-54-51-48-45-42-39-35-32-29-26-23-20-17-14-11-8-5-2/h22,25,31,33,66H,4-21,23-24,26-30,32,34-65H2,1-3H3/b25-22-,33-31-. The number of allylic oxidation sites excluding steroid dienone is 4. The molecule has 0 saturated heterocycles. The molecule has 0 heterocycles. The number of hydrogen-bond acceptors (Lipinski definition) is 6. The van der Waals surface area contributed by atoms with Crippen LogP contribution in [0, 0.1) is 0 Å². The number of rotatable bonds is 63. The van der Waals surface area contributed by atoms with Gasteiger partial charge in [-0.1, -0.05) is 334 Å². The Labute approximate surface area is 468 Å². The Morgan fingerprint density at radius 2 is 0.480 bits per heavy atom. The highest BCUT2D eigenvalue weighted by Crippen LogP contribution is 2.18. The number of carbonyl (C=O) groups excluding carboxylic acids is 3. The molecule has 6 nitrogen and oxygen atoms in total. The smallest absolute Gasteiger partial charge is 0.306 e. The summed E-state index contributed by atoms with van der Waals surface area (Å²) in [6.07, 6.45) is 77.6. The topological polar surface area (TPSA) is 78.9 Å². The highest BCUT2D eigenvalue weighted by atomic mass is 16.6. The lowest BCUT2D eigenvalue weighted by atomic mass is 10.0.